The standard InChI is InChI=1S/C13H12ClN3O3S/c1-21(18,19)17-9-2-5-12(14)13(6-9)16-8-11-4-3-10(7-15)20-11/h2-6,16-17H,8H2,1H3. The summed E-state index contributed by atoms with van der Waals surface area (Å²) in [5, 5.41) is 12.1. The number of anilines is 2. The van der Waals surface area contributed by atoms with Crippen LogP contribution in [0.5, 0.6) is 0 Å². The Hall–Kier alpha value is -2.17. The van der Waals surface area contributed by atoms with Gasteiger partial charge in [-0.25, -0.2) is 8.42 Å². The summed E-state index contributed by atoms with van der Waals surface area (Å²) in [4.78, 5) is 0. The molecule has 0 saturated heterocycles. The first-order valence-corrected chi connectivity index (χ1v) is 8.14. The summed E-state index contributed by atoms with van der Waals surface area (Å²) < 4.78 is 30.0. The van der Waals surface area contributed by atoms with Gasteiger partial charge < -0.3 is 9.73 Å². The Labute approximate surface area is 127 Å². The minimum Gasteiger partial charge on any atom is -0.449 e. The summed E-state index contributed by atoms with van der Waals surface area (Å²) in [6.07, 6.45) is 1.07. The highest BCUT2D eigenvalue weighted by molar-refractivity contribution is 7.92. The van der Waals surface area contributed by atoms with Crippen LogP contribution < -0.4 is 10.0 Å². The molecule has 0 aliphatic heterocycles. The summed E-state index contributed by atoms with van der Waals surface area (Å²) in [5.41, 5.74) is 0.960. The molecule has 0 bridgehead atoms. The second-order valence-corrected chi connectivity index (χ2v) is 6.46. The fourth-order valence-electron chi connectivity index (χ4n) is 1.65. The van der Waals surface area contributed by atoms with Gasteiger partial charge in [0.1, 0.15) is 11.8 Å². The predicted molar refractivity (Wildman–Crippen MR) is 80.7 cm³/mol. The van der Waals surface area contributed by atoms with Gasteiger partial charge in [-0.2, -0.15) is 5.26 Å². The van der Waals surface area contributed by atoms with Crippen LogP contribution in [-0.2, 0) is 16.6 Å². The zero-order valence-electron chi connectivity index (χ0n) is 11.1. The molecule has 0 spiro atoms. The van der Waals surface area contributed by atoms with Crippen LogP contribution in [0.15, 0.2) is 34.7 Å². The SMILES string of the molecule is CS(=O)(=O)Nc1ccc(Cl)c(NCc2ccc(C#N)o2)c1. The molecule has 0 aliphatic rings. The van der Waals surface area contributed by atoms with Gasteiger partial charge in [-0.15, -0.1) is 0 Å². The molecule has 0 saturated carbocycles. The van der Waals surface area contributed by atoms with Gasteiger partial charge in [-0.3, -0.25) is 4.72 Å². The summed E-state index contributed by atoms with van der Waals surface area (Å²) in [6.45, 7) is 0.323. The number of nitrogens with zero attached hydrogens (tertiary/aromatic N) is 1. The molecule has 0 aliphatic carbocycles. The second-order valence-electron chi connectivity index (χ2n) is 4.30. The number of benzene rings is 1. The normalized spacial score (nSPS) is 10.9. The Kier molecular flexibility index (Phi) is 4.40. The van der Waals surface area contributed by atoms with Gasteiger partial charge in [0.2, 0.25) is 15.8 Å². The number of sulfonamides is 1. The van der Waals surface area contributed by atoms with Crippen molar-refractivity contribution in [3.05, 3.63) is 46.9 Å². The first-order valence-electron chi connectivity index (χ1n) is 5.87. The predicted octanol–water partition coefficient (Wildman–Crippen LogP) is 2.79. The maximum Gasteiger partial charge on any atom is 0.229 e. The Balaban J connectivity index is 2.12. The van der Waals surface area contributed by atoms with Crippen LogP contribution in [0.1, 0.15) is 11.5 Å². The van der Waals surface area contributed by atoms with Crippen LogP contribution in [0.3, 0.4) is 0 Å². The van der Waals surface area contributed by atoms with Gasteiger partial charge in [-0.05, 0) is 30.3 Å². The van der Waals surface area contributed by atoms with Crippen molar-refractivity contribution in [3.8, 4) is 6.07 Å². The van der Waals surface area contributed by atoms with E-state index in [1.54, 1.807) is 30.3 Å². The van der Waals surface area contributed by atoms with Crippen molar-refractivity contribution in [1.82, 2.24) is 0 Å². The lowest BCUT2D eigenvalue weighted by molar-refractivity contribution is 0.506. The molecule has 8 heteroatoms. The Morgan fingerprint density at radius 3 is 2.71 bits per heavy atom. The van der Waals surface area contributed by atoms with Crippen LogP contribution in [0.25, 0.3) is 0 Å². The van der Waals surface area contributed by atoms with Crippen molar-refractivity contribution < 1.29 is 12.8 Å². The third-order valence-electron chi connectivity index (χ3n) is 2.49. The average Bonchev–Trinajstić information content (AvgIpc) is 2.86. The van der Waals surface area contributed by atoms with E-state index in [0.717, 1.165) is 6.26 Å². The lowest BCUT2D eigenvalue weighted by Gasteiger charge is -2.10. The molecule has 2 aromatic rings. The second kappa shape index (κ2) is 6.08. The number of nitrogens with one attached hydrogen (secondary N) is 2. The first kappa shape index (κ1) is 15.2. The van der Waals surface area contributed by atoms with E-state index in [0.29, 0.717) is 28.7 Å². The van der Waals surface area contributed by atoms with Crippen molar-refractivity contribution in [2.24, 2.45) is 0 Å². The highest BCUT2D eigenvalue weighted by Gasteiger charge is 2.07. The number of rotatable bonds is 5. The summed E-state index contributed by atoms with van der Waals surface area (Å²) in [6, 6.07) is 9.87. The smallest absolute Gasteiger partial charge is 0.229 e. The van der Waals surface area contributed by atoms with Crippen molar-refractivity contribution in [2.45, 2.75) is 6.54 Å². The summed E-state index contributed by atoms with van der Waals surface area (Å²) >= 11 is 6.04. The summed E-state index contributed by atoms with van der Waals surface area (Å²) in [7, 11) is -3.35. The fraction of sp³-hybridized carbons (Fsp3) is 0.154. The molecule has 0 unspecified atom stereocenters. The van der Waals surface area contributed by atoms with Crippen molar-refractivity contribution in [3.63, 3.8) is 0 Å². The van der Waals surface area contributed by atoms with Crippen molar-refractivity contribution in [1.29, 1.82) is 5.26 Å². The largest absolute Gasteiger partial charge is 0.449 e. The molecule has 1 heterocycles. The number of hydrogen-bond acceptors (Lipinski definition) is 5. The van der Waals surface area contributed by atoms with Crippen LogP contribution >= 0.6 is 11.6 Å². The van der Waals surface area contributed by atoms with Gasteiger partial charge in [-0.1, -0.05) is 11.6 Å². The van der Waals surface area contributed by atoms with E-state index in [9.17, 15) is 8.42 Å². The quantitative estimate of drug-likeness (QED) is 0.881. The first-order chi connectivity index (χ1) is 9.87. The monoisotopic (exact) mass is 325 g/mol. The van der Waals surface area contributed by atoms with Gasteiger partial charge in [0, 0.05) is 0 Å². The zero-order valence-corrected chi connectivity index (χ0v) is 12.6. The topological polar surface area (TPSA) is 95.1 Å². The van der Waals surface area contributed by atoms with Gasteiger partial charge in [0.05, 0.1) is 29.2 Å². The van der Waals surface area contributed by atoms with E-state index in [1.165, 1.54) is 0 Å². The van der Waals surface area contributed by atoms with Crippen LogP contribution in [0, 0.1) is 11.3 Å². The lowest BCUT2D eigenvalue weighted by atomic mass is 10.3. The number of halogens is 1. The Bertz CT molecular complexity index is 793. The lowest BCUT2D eigenvalue weighted by Crippen LogP contribution is -2.10. The highest BCUT2D eigenvalue weighted by atomic mass is 35.5. The van der Waals surface area contributed by atoms with Crippen molar-refractivity contribution in [2.75, 3.05) is 16.3 Å². The molecule has 2 N–H and O–H groups in total. The fourth-order valence-corrected chi connectivity index (χ4v) is 2.39. The zero-order chi connectivity index (χ0) is 15.5. The molecule has 6 nitrogen and oxygen atoms in total. The maximum atomic E-state index is 11.2. The van der Waals surface area contributed by atoms with Crippen molar-refractivity contribution >= 4 is 33.0 Å². The van der Waals surface area contributed by atoms with Crippen LogP contribution in [-0.4, -0.2) is 14.7 Å². The molecule has 0 amide bonds. The molecule has 110 valence electrons. The van der Waals surface area contributed by atoms with E-state index in [4.69, 9.17) is 21.3 Å². The van der Waals surface area contributed by atoms with E-state index >= 15 is 0 Å². The Morgan fingerprint density at radius 2 is 2.10 bits per heavy atom. The number of nitriles is 1. The maximum absolute atomic E-state index is 11.2. The van der Waals surface area contributed by atoms with Crippen LogP contribution in [0.4, 0.5) is 11.4 Å². The van der Waals surface area contributed by atoms with Gasteiger partial charge >= 0.3 is 0 Å². The van der Waals surface area contributed by atoms with E-state index in [-0.39, 0.29) is 5.76 Å². The van der Waals surface area contributed by atoms with Gasteiger partial charge in [0.25, 0.3) is 0 Å². The van der Waals surface area contributed by atoms with E-state index in [1.807, 2.05) is 6.07 Å². The van der Waals surface area contributed by atoms with E-state index in [2.05, 4.69) is 10.0 Å². The average molecular weight is 326 g/mol. The van der Waals surface area contributed by atoms with Crippen LogP contribution in [0.2, 0.25) is 5.02 Å². The molecular weight excluding hydrogens is 314 g/mol. The third kappa shape index (κ3) is 4.41. The number of hydrogen-bond donors (Lipinski definition) is 2. The molecule has 0 radical (unpaired) electrons. The Morgan fingerprint density at radius 1 is 1.33 bits per heavy atom. The summed E-state index contributed by atoms with van der Waals surface area (Å²) in [5.74, 6) is 0.800. The molecular formula is C13H12ClN3O3S. The minimum atomic E-state index is -3.35. The molecule has 1 aromatic heterocycles. The molecule has 2 rings (SSSR count). The third-order valence-corrected chi connectivity index (χ3v) is 3.43. The molecule has 0 atom stereocenters. The minimum absolute atomic E-state index is 0.227. The van der Waals surface area contributed by atoms with Gasteiger partial charge in [0.15, 0.2) is 0 Å². The van der Waals surface area contributed by atoms with E-state index < -0.39 is 10.0 Å². The number of furan rings is 1. The molecule has 21 heavy (non-hydrogen) atoms. The molecule has 0 fully saturated rings. The highest BCUT2D eigenvalue weighted by Crippen LogP contribution is 2.26. The molecule has 1 aromatic carbocycles.